The maximum atomic E-state index is 5.87. The molecule has 2 atom stereocenters. The van der Waals surface area contributed by atoms with E-state index in [2.05, 4.69) is 12.1 Å². The molecular formula is C11H16N2. The Morgan fingerprint density at radius 3 is 2.69 bits per heavy atom. The fourth-order valence-corrected chi connectivity index (χ4v) is 2.13. The van der Waals surface area contributed by atoms with E-state index in [0.717, 1.165) is 18.5 Å². The van der Waals surface area contributed by atoms with Crippen molar-refractivity contribution in [2.45, 2.75) is 31.2 Å². The number of hydrogen-bond acceptors (Lipinski definition) is 2. The fourth-order valence-electron chi connectivity index (χ4n) is 2.13. The molecule has 2 rings (SSSR count). The summed E-state index contributed by atoms with van der Waals surface area (Å²) in [4.78, 5) is 0. The topological polar surface area (TPSA) is 52.0 Å². The van der Waals surface area contributed by atoms with Gasteiger partial charge >= 0.3 is 0 Å². The number of anilines is 1. The van der Waals surface area contributed by atoms with Crippen LogP contribution < -0.4 is 11.5 Å². The number of nitrogens with two attached hydrogens (primary N) is 2. The van der Waals surface area contributed by atoms with Gasteiger partial charge in [-0.05, 0) is 42.9 Å². The summed E-state index contributed by atoms with van der Waals surface area (Å²) in [7, 11) is 0. The average Bonchev–Trinajstić information content (AvgIpc) is 2.52. The van der Waals surface area contributed by atoms with Crippen LogP contribution in [0.2, 0.25) is 0 Å². The summed E-state index contributed by atoms with van der Waals surface area (Å²) in [5.74, 6) is 0.637. The highest BCUT2D eigenvalue weighted by atomic mass is 14.6. The van der Waals surface area contributed by atoms with E-state index in [9.17, 15) is 0 Å². The zero-order chi connectivity index (χ0) is 9.26. The van der Waals surface area contributed by atoms with Gasteiger partial charge in [0.1, 0.15) is 0 Å². The molecule has 0 radical (unpaired) electrons. The molecule has 1 aliphatic rings. The van der Waals surface area contributed by atoms with Crippen LogP contribution in [0, 0.1) is 0 Å². The molecule has 1 aromatic carbocycles. The molecule has 0 aromatic heterocycles. The molecule has 0 aliphatic heterocycles. The molecule has 1 aromatic rings. The Bertz CT molecular complexity index is 296. The second-order valence-electron chi connectivity index (χ2n) is 3.94. The molecule has 1 saturated carbocycles. The van der Waals surface area contributed by atoms with Crippen molar-refractivity contribution in [2.24, 2.45) is 5.73 Å². The molecule has 1 fully saturated rings. The van der Waals surface area contributed by atoms with Crippen LogP contribution in [0.4, 0.5) is 5.69 Å². The third kappa shape index (κ3) is 1.83. The highest BCUT2D eigenvalue weighted by Crippen LogP contribution is 2.33. The molecule has 0 bridgehead atoms. The van der Waals surface area contributed by atoms with Crippen molar-refractivity contribution in [1.29, 1.82) is 0 Å². The standard InChI is InChI=1S/C11H16N2/c12-10-3-1-2-8(6-10)9-4-5-11(13)7-9/h1-3,6,9,11H,4-5,7,12-13H2. The predicted molar refractivity (Wildman–Crippen MR) is 55.4 cm³/mol. The minimum Gasteiger partial charge on any atom is -0.399 e. The summed E-state index contributed by atoms with van der Waals surface area (Å²) >= 11 is 0. The fraction of sp³-hybridized carbons (Fsp3) is 0.455. The van der Waals surface area contributed by atoms with Gasteiger partial charge in [0, 0.05) is 11.7 Å². The van der Waals surface area contributed by atoms with E-state index in [1.54, 1.807) is 0 Å². The van der Waals surface area contributed by atoms with E-state index < -0.39 is 0 Å². The monoisotopic (exact) mass is 176 g/mol. The maximum absolute atomic E-state index is 5.87. The molecule has 2 heteroatoms. The van der Waals surface area contributed by atoms with Gasteiger partial charge in [0.15, 0.2) is 0 Å². The van der Waals surface area contributed by atoms with Crippen molar-refractivity contribution in [3.05, 3.63) is 29.8 Å². The zero-order valence-electron chi connectivity index (χ0n) is 7.74. The van der Waals surface area contributed by atoms with Crippen molar-refractivity contribution < 1.29 is 0 Å². The van der Waals surface area contributed by atoms with E-state index in [1.165, 1.54) is 12.0 Å². The molecule has 0 saturated heterocycles. The molecule has 1 aliphatic carbocycles. The van der Waals surface area contributed by atoms with Gasteiger partial charge in [0.05, 0.1) is 0 Å². The molecule has 70 valence electrons. The third-order valence-corrected chi connectivity index (χ3v) is 2.86. The Hall–Kier alpha value is -1.02. The van der Waals surface area contributed by atoms with Crippen molar-refractivity contribution in [1.82, 2.24) is 0 Å². The van der Waals surface area contributed by atoms with E-state index >= 15 is 0 Å². The summed E-state index contributed by atoms with van der Waals surface area (Å²) in [6.45, 7) is 0. The largest absolute Gasteiger partial charge is 0.399 e. The van der Waals surface area contributed by atoms with Crippen LogP contribution >= 0.6 is 0 Å². The Morgan fingerprint density at radius 2 is 2.08 bits per heavy atom. The molecule has 13 heavy (non-hydrogen) atoms. The molecule has 2 nitrogen and oxygen atoms in total. The Balaban J connectivity index is 2.16. The Kier molecular flexibility index (Phi) is 2.23. The Morgan fingerprint density at radius 1 is 1.23 bits per heavy atom. The zero-order valence-corrected chi connectivity index (χ0v) is 7.74. The van der Waals surface area contributed by atoms with E-state index in [1.807, 2.05) is 12.1 Å². The molecule has 2 unspecified atom stereocenters. The van der Waals surface area contributed by atoms with Crippen LogP contribution in [0.15, 0.2) is 24.3 Å². The first-order chi connectivity index (χ1) is 6.25. The summed E-state index contributed by atoms with van der Waals surface area (Å²) < 4.78 is 0. The van der Waals surface area contributed by atoms with Gasteiger partial charge in [-0.25, -0.2) is 0 Å². The molecule has 0 heterocycles. The van der Waals surface area contributed by atoms with Gasteiger partial charge in [-0.3, -0.25) is 0 Å². The van der Waals surface area contributed by atoms with Crippen LogP contribution in [0.5, 0.6) is 0 Å². The first-order valence-corrected chi connectivity index (χ1v) is 4.87. The van der Waals surface area contributed by atoms with Gasteiger partial charge in [-0.2, -0.15) is 0 Å². The van der Waals surface area contributed by atoms with Gasteiger partial charge < -0.3 is 11.5 Å². The lowest BCUT2D eigenvalue weighted by atomic mass is 9.97. The minimum absolute atomic E-state index is 0.395. The summed E-state index contributed by atoms with van der Waals surface area (Å²) in [5, 5.41) is 0. The van der Waals surface area contributed by atoms with E-state index in [-0.39, 0.29) is 0 Å². The van der Waals surface area contributed by atoms with Gasteiger partial charge in [0.25, 0.3) is 0 Å². The lowest BCUT2D eigenvalue weighted by Crippen LogP contribution is -2.14. The number of hydrogen-bond donors (Lipinski definition) is 2. The van der Waals surface area contributed by atoms with Crippen LogP contribution in [0.1, 0.15) is 30.7 Å². The molecule has 4 N–H and O–H groups in total. The highest BCUT2D eigenvalue weighted by Gasteiger charge is 2.22. The van der Waals surface area contributed by atoms with Crippen LogP contribution in [0.3, 0.4) is 0 Å². The number of benzene rings is 1. The first-order valence-electron chi connectivity index (χ1n) is 4.87. The van der Waals surface area contributed by atoms with Gasteiger partial charge in [-0.15, -0.1) is 0 Å². The SMILES string of the molecule is Nc1cccc(C2CCC(N)C2)c1. The smallest absolute Gasteiger partial charge is 0.0316 e. The maximum Gasteiger partial charge on any atom is 0.0316 e. The van der Waals surface area contributed by atoms with Crippen molar-refractivity contribution in [3.63, 3.8) is 0 Å². The summed E-state index contributed by atoms with van der Waals surface area (Å²) in [5.41, 5.74) is 13.8. The summed E-state index contributed by atoms with van der Waals surface area (Å²) in [6, 6.07) is 8.57. The highest BCUT2D eigenvalue weighted by molar-refractivity contribution is 5.42. The first kappa shape index (κ1) is 8.57. The second-order valence-corrected chi connectivity index (χ2v) is 3.94. The molecular weight excluding hydrogens is 160 g/mol. The molecule has 0 amide bonds. The van der Waals surface area contributed by atoms with Crippen LogP contribution in [0.25, 0.3) is 0 Å². The van der Waals surface area contributed by atoms with E-state index in [4.69, 9.17) is 11.5 Å². The number of rotatable bonds is 1. The van der Waals surface area contributed by atoms with Crippen LogP contribution in [-0.4, -0.2) is 6.04 Å². The third-order valence-electron chi connectivity index (χ3n) is 2.86. The van der Waals surface area contributed by atoms with Crippen molar-refractivity contribution >= 4 is 5.69 Å². The normalized spacial score (nSPS) is 27.8. The lowest BCUT2D eigenvalue weighted by Gasteiger charge is -2.10. The minimum atomic E-state index is 0.395. The van der Waals surface area contributed by atoms with Crippen molar-refractivity contribution in [2.75, 3.05) is 5.73 Å². The molecule has 0 spiro atoms. The Labute approximate surface area is 78.9 Å². The van der Waals surface area contributed by atoms with E-state index in [0.29, 0.717) is 12.0 Å². The van der Waals surface area contributed by atoms with Crippen molar-refractivity contribution in [3.8, 4) is 0 Å². The van der Waals surface area contributed by atoms with Gasteiger partial charge in [0.2, 0.25) is 0 Å². The van der Waals surface area contributed by atoms with Gasteiger partial charge in [-0.1, -0.05) is 12.1 Å². The average molecular weight is 176 g/mol. The summed E-state index contributed by atoms with van der Waals surface area (Å²) in [6.07, 6.45) is 3.48. The second kappa shape index (κ2) is 3.38. The quantitative estimate of drug-likeness (QED) is 0.642. The number of nitrogen functional groups attached to an aromatic ring is 1. The van der Waals surface area contributed by atoms with Crippen LogP contribution in [-0.2, 0) is 0 Å². The lowest BCUT2D eigenvalue weighted by molar-refractivity contribution is 0.675. The predicted octanol–water partition coefficient (Wildman–Crippen LogP) is 1.86.